The molecule has 1 heterocycles. The lowest BCUT2D eigenvalue weighted by atomic mass is 10.2. The molecular formula is C16H17F2N3O4S. The summed E-state index contributed by atoms with van der Waals surface area (Å²) in [5.41, 5.74) is 0.469. The van der Waals surface area contributed by atoms with Crippen molar-refractivity contribution in [2.75, 3.05) is 18.2 Å². The molecule has 1 aromatic heterocycles. The first-order valence-electron chi connectivity index (χ1n) is 7.46. The second-order valence-corrected chi connectivity index (χ2v) is 5.87. The van der Waals surface area contributed by atoms with Gasteiger partial charge < -0.3 is 14.6 Å². The summed E-state index contributed by atoms with van der Waals surface area (Å²) in [7, 11) is 1.29. The van der Waals surface area contributed by atoms with Gasteiger partial charge in [0.25, 0.3) is 5.56 Å². The van der Waals surface area contributed by atoms with Crippen LogP contribution < -0.4 is 21.1 Å². The van der Waals surface area contributed by atoms with Crippen molar-refractivity contribution in [2.45, 2.75) is 11.8 Å². The van der Waals surface area contributed by atoms with E-state index in [1.165, 1.54) is 30.9 Å². The Morgan fingerprint density at radius 2 is 2.08 bits per heavy atom. The third-order valence-electron chi connectivity index (χ3n) is 3.22. The molecule has 26 heavy (non-hydrogen) atoms. The third-order valence-corrected chi connectivity index (χ3v) is 3.95. The highest BCUT2D eigenvalue weighted by atomic mass is 32.2. The molecule has 0 fully saturated rings. The first-order valence-corrected chi connectivity index (χ1v) is 8.69. The smallest absolute Gasteiger partial charge is 0.405 e. The van der Waals surface area contributed by atoms with Gasteiger partial charge in [-0.25, -0.2) is 9.18 Å². The molecule has 0 spiro atoms. The van der Waals surface area contributed by atoms with Gasteiger partial charge in [0.1, 0.15) is 11.5 Å². The van der Waals surface area contributed by atoms with Crippen LogP contribution in [0.3, 0.4) is 0 Å². The number of amides is 1. The summed E-state index contributed by atoms with van der Waals surface area (Å²) >= 11 is 1.34. The Bertz CT molecular complexity index is 873. The molecule has 1 amide bonds. The predicted octanol–water partition coefficient (Wildman–Crippen LogP) is 3.17. The number of rotatable bonds is 6. The average Bonchev–Trinajstić information content (AvgIpc) is 2.62. The second kappa shape index (κ2) is 8.68. The van der Waals surface area contributed by atoms with Crippen molar-refractivity contribution >= 4 is 29.2 Å². The zero-order valence-corrected chi connectivity index (χ0v) is 15.1. The number of carbonyl (C=O) groups is 1. The molecule has 0 aliphatic heterocycles. The predicted molar refractivity (Wildman–Crippen MR) is 93.9 cm³/mol. The van der Waals surface area contributed by atoms with Crippen LogP contribution in [0.2, 0.25) is 0 Å². The van der Waals surface area contributed by atoms with Crippen LogP contribution in [-0.2, 0) is 11.9 Å². The van der Waals surface area contributed by atoms with Crippen LogP contribution in [0.1, 0.15) is 6.92 Å². The number of benzene rings is 1. The van der Waals surface area contributed by atoms with Crippen molar-refractivity contribution in [1.82, 2.24) is 10.0 Å². The van der Waals surface area contributed by atoms with E-state index in [0.29, 0.717) is 4.90 Å². The van der Waals surface area contributed by atoms with Gasteiger partial charge in [-0.3, -0.25) is 9.63 Å². The maximum atomic E-state index is 14.4. The van der Waals surface area contributed by atoms with Gasteiger partial charge >= 0.3 is 6.09 Å². The number of pyridine rings is 1. The first kappa shape index (κ1) is 19.7. The van der Waals surface area contributed by atoms with Gasteiger partial charge in [0.2, 0.25) is 5.82 Å². The standard InChI is InChI=1S/C16H17F2N3O4S/c1-4-24-20-16(23)25-12-8-21(2)15(22)13(18)14(12)19-11-6-5-9(26-3)7-10(11)17/h5-8,19H,4H2,1-3H3,(H,20,23). The van der Waals surface area contributed by atoms with Gasteiger partial charge in [-0.15, -0.1) is 11.8 Å². The molecule has 140 valence electrons. The number of anilines is 2. The summed E-state index contributed by atoms with van der Waals surface area (Å²) in [6, 6.07) is 4.27. The van der Waals surface area contributed by atoms with E-state index in [9.17, 15) is 18.4 Å². The minimum absolute atomic E-state index is 0.0787. The number of nitrogens with zero attached hydrogens (tertiary/aromatic N) is 1. The number of hydroxylamine groups is 1. The van der Waals surface area contributed by atoms with E-state index in [2.05, 4.69) is 10.2 Å². The highest BCUT2D eigenvalue weighted by Gasteiger charge is 2.20. The van der Waals surface area contributed by atoms with Gasteiger partial charge in [-0.1, -0.05) is 0 Å². The molecule has 0 saturated heterocycles. The number of carbonyl (C=O) groups excluding carboxylic acids is 1. The molecule has 0 aliphatic carbocycles. The monoisotopic (exact) mass is 385 g/mol. The van der Waals surface area contributed by atoms with Crippen LogP contribution in [0.4, 0.5) is 25.0 Å². The van der Waals surface area contributed by atoms with Gasteiger partial charge in [0.05, 0.1) is 18.5 Å². The van der Waals surface area contributed by atoms with Crippen molar-refractivity contribution in [3.8, 4) is 5.75 Å². The molecule has 1 aromatic carbocycles. The number of nitrogens with one attached hydrogen (secondary N) is 2. The van der Waals surface area contributed by atoms with Crippen molar-refractivity contribution < 1.29 is 23.1 Å². The fraction of sp³-hybridized carbons (Fsp3) is 0.250. The Labute approximate surface area is 152 Å². The molecule has 2 rings (SSSR count). The second-order valence-electron chi connectivity index (χ2n) is 4.99. The van der Waals surface area contributed by atoms with E-state index >= 15 is 0 Å². The molecular weight excluding hydrogens is 368 g/mol. The fourth-order valence-corrected chi connectivity index (χ4v) is 2.40. The summed E-state index contributed by atoms with van der Waals surface area (Å²) < 4.78 is 34.5. The average molecular weight is 385 g/mol. The zero-order valence-electron chi connectivity index (χ0n) is 14.3. The summed E-state index contributed by atoms with van der Waals surface area (Å²) in [5.74, 6) is -2.18. The van der Waals surface area contributed by atoms with Crippen LogP contribution in [-0.4, -0.2) is 23.5 Å². The van der Waals surface area contributed by atoms with Crippen molar-refractivity contribution in [1.29, 1.82) is 0 Å². The normalized spacial score (nSPS) is 10.5. The number of ether oxygens (including phenoxy) is 1. The lowest BCUT2D eigenvalue weighted by Crippen LogP contribution is -2.29. The largest absolute Gasteiger partial charge is 0.436 e. The minimum Gasteiger partial charge on any atom is -0.405 e. The molecule has 0 atom stereocenters. The summed E-state index contributed by atoms with van der Waals surface area (Å²) in [6.45, 7) is 1.83. The summed E-state index contributed by atoms with van der Waals surface area (Å²) in [4.78, 5) is 28.9. The van der Waals surface area contributed by atoms with E-state index in [1.54, 1.807) is 19.2 Å². The van der Waals surface area contributed by atoms with Crippen LogP contribution in [0.5, 0.6) is 5.75 Å². The van der Waals surface area contributed by atoms with Gasteiger partial charge in [0.15, 0.2) is 5.75 Å². The Morgan fingerprint density at radius 3 is 2.69 bits per heavy atom. The molecule has 2 N–H and O–H groups in total. The van der Waals surface area contributed by atoms with E-state index < -0.39 is 29.0 Å². The topological polar surface area (TPSA) is 81.6 Å². The van der Waals surface area contributed by atoms with Crippen LogP contribution in [0, 0.1) is 11.6 Å². The van der Waals surface area contributed by atoms with E-state index in [0.717, 1.165) is 10.8 Å². The minimum atomic E-state index is -1.22. The Hall–Kier alpha value is -2.59. The third kappa shape index (κ3) is 4.52. The highest BCUT2D eigenvalue weighted by molar-refractivity contribution is 7.98. The number of halogens is 2. The van der Waals surface area contributed by atoms with E-state index in [-0.39, 0.29) is 18.0 Å². The van der Waals surface area contributed by atoms with Crippen molar-refractivity contribution in [2.24, 2.45) is 7.05 Å². The molecule has 0 bridgehead atoms. The van der Waals surface area contributed by atoms with Gasteiger partial charge in [0, 0.05) is 11.9 Å². The lowest BCUT2D eigenvalue weighted by molar-refractivity contribution is 0.0534. The van der Waals surface area contributed by atoms with Crippen LogP contribution in [0.15, 0.2) is 34.1 Å². The Morgan fingerprint density at radius 1 is 1.35 bits per heavy atom. The van der Waals surface area contributed by atoms with Crippen LogP contribution >= 0.6 is 11.8 Å². The molecule has 0 saturated carbocycles. The van der Waals surface area contributed by atoms with E-state index in [4.69, 9.17) is 4.74 Å². The van der Waals surface area contributed by atoms with Crippen LogP contribution in [0.25, 0.3) is 0 Å². The maximum Gasteiger partial charge on any atom is 0.436 e. The molecule has 7 nitrogen and oxygen atoms in total. The molecule has 2 aromatic rings. The van der Waals surface area contributed by atoms with E-state index in [1.807, 2.05) is 5.48 Å². The van der Waals surface area contributed by atoms with Gasteiger partial charge in [-0.2, -0.15) is 9.87 Å². The summed E-state index contributed by atoms with van der Waals surface area (Å²) in [5, 5.41) is 2.47. The maximum absolute atomic E-state index is 14.4. The Balaban J connectivity index is 2.41. The SMILES string of the molecule is CCONC(=O)Oc1cn(C)c(=O)c(F)c1Nc1ccc(SC)cc1F. The number of aromatic nitrogens is 1. The molecule has 10 heteroatoms. The molecule has 0 unspecified atom stereocenters. The molecule has 0 radical (unpaired) electrons. The van der Waals surface area contributed by atoms with Crippen molar-refractivity contribution in [3.05, 3.63) is 46.4 Å². The first-order chi connectivity index (χ1) is 12.4. The number of hydrogen-bond donors (Lipinski definition) is 2. The number of hydrogen-bond acceptors (Lipinski definition) is 6. The van der Waals surface area contributed by atoms with Crippen molar-refractivity contribution in [3.63, 3.8) is 0 Å². The highest BCUT2D eigenvalue weighted by Crippen LogP contribution is 2.31. The number of thioether (sulfide) groups is 1. The van der Waals surface area contributed by atoms with Gasteiger partial charge in [-0.05, 0) is 31.4 Å². The lowest BCUT2D eigenvalue weighted by Gasteiger charge is -2.15. The summed E-state index contributed by atoms with van der Waals surface area (Å²) in [6.07, 6.45) is 1.87. The number of aryl methyl sites for hydroxylation is 1. The fourth-order valence-electron chi connectivity index (χ4n) is 1.97. The quantitative estimate of drug-likeness (QED) is 0.587. The zero-order chi connectivity index (χ0) is 19.3. The Kier molecular flexibility index (Phi) is 6.58. The molecule has 0 aliphatic rings.